The zero-order valence-electron chi connectivity index (χ0n) is 34.3. The van der Waals surface area contributed by atoms with Crippen LogP contribution in [-0.4, -0.2) is 15.0 Å². The predicted octanol–water partition coefficient (Wildman–Crippen LogP) is 15.5. The van der Waals surface area contributed by atoms with Crippen LogP contribution in [0, 0.1) is 5.92 Å². The lowest BCUT2D eigenvalue weighted by Gasteiger charge is -2.42. The highest BCUT2D eigenvalue weighted by molar-refractivity contribution is 7.26. The summed E-state index contributed by atoms with van der Waals surface area (Å²) in [5, 5.41) is 2.57. The molecule has 0 amide bonds. The molecule has 2 aliphatic carbocycles. The smallest absolute Gasteiger partial charge is 0.164 e. The highest BCUT2D eigenvalue weighted by Crippen LogP contribution is 2.60. The third kappa shape index (κ3) is 5.96. The van der Waals surface area contributed by atoms with Crippen LogP contribution in [0.25, 0.3) is 87.7 Å². The molecule has 0 radical (unpaired) electrons. The van der Waals surface area contributed by atoms with E-state index in [0.29, 0.717) is 23.4 Å². The SMILES string of the molecule is c1ccc(-c2nc(-c3ccccc3)nc(-c3cccc(-c4cccc5c4sc4c(-c6ccc7c(c6)C(c6ccccc6)(C6CCCCC6)c6ccccc6-7)cccc45)c3)n2)cc1. The average molecular weight is 814 g/mol. The van der Waals surface area contributed by atoms with Crippen LogP contribution >= 0.6 is 11.3 Å². The van der Waals surface area contributed by atoms with Gasteiger partial charge in [-0.1, -0.05) is 201 Å². The minimum atomic E-state index is -0.182. The fraction of sp³-hybridized carbons (Fsp3) is 0.121. The van der Waals surface area contributed by atoms with E-state index in [4.69, 9.17) is 15.0 Å². The Morgan fingerprint density at radius 3 is 1.50 bits per heavy atom. The number of hydrogen-bond acceptors (Lipinski definition) is 4. The van der Waals surface area contributed by atoms with Crippen LogP contribution in [0.2, 0.25) is 0 Å². The first-order chi connectivity index (χ1) is 30.7. The lowest BCUT2D eigenvalue weighted by molar-refractivity contribution is 0.275. The Labute approximate surface area is 366 Å². The first kappa shape index (κ1) is 36.8. The Balaban J connectivity index is 0.997. The van der Waals surface area contributed by atoms with Crippen LogP contribution < -0.4 is 0 Å². The molecule has 0 aliphatic heterocycles. The molecule has 1 unspecified atom stereocenters. The normalized spacial score (nSPS) is 16.1. The van der Waals surface area contributed by atoms with Crippen molar-refractivity contribution in [3.8, 4) is 67.5 Å². The number of thiophene rings is 1. The minimum Gasteiger partial charge on any atom is -0.208 e. The molecular formula is C58H43N3S. The van der Waals surface area contributed by atoms with E-state index < -0.39 is 0 Å². The number of rotatable bonds is 7. The van der Waals surface area contributed by atoms with E-state index in [-0.39, 0.29) is 5.41 Å². The molecule has 1 saturated carbocycles. The van der Waals surface area contributed by atoms with E-state index in [1.165, 1.54) is 96.8 Å². The van der Waals surface area contributed by atoms with Crippen molar-refractivity contribution in [2.45, 2.75) is 37.5 Å². The quantitative estimate of drug-likeness (QED) is 0.161. The summed E-state index contributed by atoms with van der Waals surface area (Å²) in [5.41, 5.74) is 14.8. The second-order valence-electron chi connectivity index (χ2n) is 16.9. The molecule has 62 heavy (non-hydrogen) atoms. The monoisotopic (exact) mass is 813 g/mol. The molecule has 1 fully saturated rings. The Hall–Kier alpha value is -7.01. The van der Waals surface area contributed by atoms with Crippen molar-refractivity contribution in [3.63, 3.8) is 0 Å². The molecule has 10 aromatic rings. The number of hydrogen-bond donors (Lipinski definition) is 0. The summed E-state index contributed by atoms with van der Waals surface area (Å²) in [6.45, 7) is 0. The molecule has 1 atom stereocenters. The predicted molar refractivity (Wildman–Crippen MR) is 258 cm³/mol. The average Bonchev–Trinajstić information content (AvgIpc) is 3.89. The van der Waals surface area contributed by atoms with Crippen molar-refractivity contribution in [3.05, 3.63) is 211 Å². The van der Waals surface area contributed by atoms with Crippen LogP contribution in [0.4, 0.5) is 0 Å². The van der Waals surface area contributed by atoms with Gasteiger partial charge in [0.15, 0.2) is 17.5 Å². The molecule has 8 aromatic carbocycles. The number of fused-ring (bicyclic) bond motifs is 6. The molecule has 3 nitrogen and oxygen atoms in total. The zero-order valence-corrected chi connectivity index (χ0v) is 35.2. The van der Waals surface area contributed by atoms with Gasteiger partial charge in [0.2, 0.25) is 0 Å². The minimum absolute atomic E-state index is 0.182. The van der Waals surface area contributed by atoms with Gasteiger partial charge in [-0.3, -0.25) is 0 Å². The highest BCUT2D eigenvalue weighted by atomic mass is 32.1. The Morgan fingerprint density at radius 1 is 0.371 bits per heavy atom. The van der Waals surface area contributed by atoms with Crippen LogP contribution in [0.5, 0.6) is 0 Å². The molecule has 2 aliphatic rings. The van der Waals surface area contributed by atoms with Gasteiger partial charge in [0, 0.05) is 42.3 Å². The van der Waals surface area contributed by atoms with Gasteiger partial charge in [-0.15, -0.1) is 11.3 Å². The van der Waals surface area contributed by atoms with E-state index in [2.05, 4.69) is 158 Å². The van der Waals surface area contributed by atoms with Gasteiger partial charge in [0.1, 0.15) is 0 Å². The summed E-state index contributed by atoms with van der Waals surface area (Å²) in [4.78, 5) is 15.0. The van der Waals surface area contributed by atoms with Gasteiger partial charge in [-0.25, -0.2) is 15.0 Å². The van der Waals surface area contributed by atoms with Crippen molar-refractivity contribution in [1.29, 1.82) is 0 Å². The van der Waals surface area contributed by atoms with Gasteiger partial charge >= 0.3 is 0 Å². The van der Waals surface area contributed by atoms with E-state index >= 15 is 0 Å². The van der Waals surface area contributed by atoms with E-state index in [1.807, 2.05) is 47.7 Å². The van der Waals surface area contributed by atoms with Crippen molar-refractivity contribution >= 4 is 31.5 Å². The van der Waals surface area contributed by atoms with Crippen molar-refractivity contribution in [1.82, 2.24) is 15.0 Å². The van der Waals surface area contributed by atoms with Crippen molar-refractivity contribution < 1.29 is 0 Å². The van der Waals surface area contributed by atoms with Gasteiger partial charge in [0.25, 0.3) is 0 Å². The summed E-state index contributed by atoms with van der Waals surface area (Å²) in [7, 11) is 0. The zero-order chi connectivity index (χ0) is 41.0. The number of benzene rings is 8. The number of aromatic nitrogens is 3. The van der Waals surface area contributed by atoms with E-state index in [9.17, 15) is 0 Å². The molecule has 0 N–H and O–H groups in total. The van der Waals surface area contributed by atoms with E-state index in [0.717, 1.165) is 22.3 Å². The fourth-order valence-corrected chi connectivity index (χ4v) is 12.1. The molecule has 0 bridgehead atoms. The summed E-state index contributed by atoms with van der Waals surface area (Å²) in [6, 6.07) is 70.8. The maximum Gasteiger partial charge on any atom is 0.164 e. The fourth-order valence-electron chi connectivity index (χ4n) is 10.7. The third-order valence-electron chi connectivity index (χ3n) is 13.5. The standard InChI is InChI=1S/C58H43N3S/c1-5-18-38(19-6-1)55-59-56(39-20-7-2-8-21-39)61-57(60-55)42-23-15-22-40(36-42)45-29-16-31-49-50-32-17-30-46(54(50)62-53(45)49)41-34-35-48-47-28-13-14-33-51(47)58(52(48)37-41,43-24-9-3-10-25-43)44-26-11-4-12-27-44/h1-3,5-10,13-25,28-37,44H,4,11-12,26-27H2. The van der Waals surface area contributed by atoms with Crippen molar-refractivity contribution in [2.75, 3.05) is 0 Å². The van der Waals surface area contributed by atoms with Gasteiger partial charge in [-0.05, 0) is 81.0 Å². The maximum atomic E-state index is 5.05. The first-order valence-electron chi connectivity index (χ1n) is 22.0. The van der Waals surface area contributed by atoms with Crippen LogP contribution in [0.3, 0.4) is 0 Å². The topological polar surface area (TPSA) is 38.7 Å². The van der Waals surface area contributed by atoms with Crippen LogP contribution in [0.1, 0.15) is 48.8 Å². The summed E-state index contributed by atoms with van der Waals surface area (Å²) in [6.07, 6.45) is 6.42. The molecule has 0 spiro atoms. The molecule has 12 rings (SSSR count). The summed E-state index contributed by atoms with van der Waals surface area (Å²) >= 11 is 1.91. The summed E-state index contributed by atoms with van der Waals surface area (Å²) in [5.74, 6) is 2.52. The van der Waals surface area contributed by atoms with Gasteiger partial charge in [0.05, 0.1) is 0 Å². The molecule has 296 valence electrons. The van der Waals surface area contributed by atoms with Gasteiger partial charge in [-0.2, -0.15) is 0 Å². The first-order valence-corrected chi connectivity index (χ1v) is 22.8. The van der Waals surface area contributed by atoms with Crippen LogP contribution in [0.15, 0.2) is 194 Å². The lowest BCUT2D eigenvalue weighted by atomic mass is 9.60. The van der Waals surface area contributed by atoms with E-state index in [1.54, 1.807) is 0 Å². The molecule has 2 heterocycles. The molecule has 2 aromatic heterocycles. The lowest BCUT2D eigenvalue weighted by Crippen LogP contribution is -2.37. The molecule has 0 saturated heterocycles. The van der Waals surface area contributed by atoms with Crippen molar-refractivity contribution in [2.24, 2.45) is 5.92 Å². The molecule has 4 heteroatoms. The largest absolute Gasteiger partial charge is 0.208 e. The maximum absolute atomic E-state index is 5.05. The van der Waals surface area contributed by atoms with Crippen LogP contribution in [-0.2, 0) is 5.41 Å². The Kier molecular flexibility index (Phi) is 9.00. The third-order valence-corrected chi connectivity index (χ3v) is 14.8. The number of nitrogens with zero attached hydrogens (tertiary/aromatic N) is 3. The summed E-state index contributed by atoms with van der Waals surface area (Å²) < 4.78 is 2.61. The Bertz CT molecular complexity index is 3220. The highest BCUT2D eigenvalue weighted by Gasteiger charge is 2.50. The Morgan fingerprint density at radius 2 is 0.855 bits per heavy atom. The second kappa shape index (κ2) is 15.2. The molecular weight excluding hydrogens is 771 g/mol. The second-order valence-corrected chi connectivity index (χ2v) is 17.9. The van der Waals surface area contributed by atoms with Gasteiger partial charge < -0.3 is 0 Å².